The summed E-state index contributed by atoms with van der Waals surface area (Å²) in [7, 11) is 0. The van der Waals surface area contributed by atoms with E-state index in [1.165, 1.54) is 25.3 Å². The smallest absolute Gasteiger partial charge is 0.227 e. The summed E-state index contributed by atoms with van der Waals surface area (Å²) in [5.74, 6) is 0.317. The van der Waals surface area contributed by atoms with Crippen LogP contribution in [0, 0.1) is 24.6 Å². The van der Waals surface area contributed by atoms with Gasteiger partial charge in [0, 0.05) is 50.2 Å². The topological polar surface area (TPSA) is 52.6 Å². The van der Waals surface area contributed by atoms with Crippen LogP contribution in [0.3, 0.4) is 0 Å². The lowest BCUT2D eigenvalue weighted by Crippen LogP contribution is -2.49. The van der Waals surface area contributed by atoms with E-state index >= 15 is 0 Å². The molecule has 1 aromatic carbocycles. The average molecular weight is 430 g/mol. The Balaban J connectivity index is 1.35. The molecule has 0 bridgehead atoms. The molecule has 4 rings (SSSR count). The molecule has 3 fully saturated rings. The summed E-state index contributed by atoms with van der Waals surface area (Å²) in [6, 6.07) is 3.03. The maximum absolute atomic E-state index is 14.4. The molecule has 31 heavy (non-hydrogen) atoms. The van der Waals surface area contributed by atoms with Crippen LogP contribution in [0.15, 0.2) is 12.1 Å². The highest BCUT2D eigenvalue weighted by atomic mass is 19.1. The monoisotopic (exact) mass is 429 g/mol. The largest absolute Gasteiger partial charge is 0.340 e. The van der Waals surface area contributed by atoms with Crippen LogP contribution in [-0.2, 0) is 16.1 Å². The first kappa shape index (κ1) is 22.3. The molecular formula is C25H36FN3O2. The zero-order valence-electron chi connectivity index (χ0n) is 18.8. The number of rotatable bonds is 5. The van der Waals surface area contributed by atoms with Crippen molar-refractivity contribution in [1.82, 2.24) is 9.80 Å². The van der Waals surface area contributed by atoms with Crippen molar-refractivity contribution in [2.24, 2.45) is 11.8 Å². The van der Waals surface area contributed by atoms with Crippen molar-refractivity contribution in [1.29, 1.82) is 0 Å². The molecule has 0 aromatic heterocycles. The Morgan fingerprint density at radius 1 is 0.935 bits per heavy atom. The minimum atomic E-state index is -0.311. The molecule has 2 aliphatic carbocycles. The summed E-state index contributed by atoms with van der Waals surface area (Å²) in [6.45, 7) is 5.70. The van der Waals surface area contributed by atoms with Gasteiger partial charge in [0.2, 0.25) is 11.8 Å². The highest BCUT2D eigenvalue weighted by Gasteiger charge is 2.29. The van der Waals surface area contributed by atoms with Gasteiger partial charge in [0.25, 0.3) is 0 Å². The van der Waals surface area contributed by atoms with Crippen LogP contribution in [0.4, 0.5) is 10.1 Å². The van der Waals surface area contributed by atoms with E-state index in [0.29, 0.717) is 18.1 Å². The van der Waals surface area contributed by atoms with Crippen LogP contribution >= 0.6 is 0 Å². The van der Waals surface area contributed by atoms with Gasteiger partial charge in [-0.25, -0.2) is 4.39 Å². The molecule has 2 saturated carbocycles. The van der Waals surface area contributed by atoms with E-state index in [2.05, 4.69) is 10.2 Å². The molecule has 3 aliphatic rings. The molecular weight excluding hydrogens is 393 g/mol. The average Bonchev–Trinajstić information content (AvgIpc) is 3.32. The van der Waals surface area contributed by atoms with E-state index in [9.17, 15) is 14.0 Å². The van der Waals surface area contributed by atoms with E-state index in [-0.39, 0.29) is 23.6 Å². The van der Waals surface area contributed by atoms with Gasteiger partial charge in [0.05, 0.1) is 0 Å². The SMILES string of the molecule is Cc1c(CN2CCN(C(=O)C3CCCC3)CC2)cc(F)cc1NC(=O)C1CCCCC1. The zero-order valence-corrected chi connectivity index (χ0v) is 18.8. The molecule has 0 unspecified atom stereocenters. The number of piperazine rings is 1. The Labute approximate surface area is 185 Å². The van der Waals surface area contributed by atoms with Crippen LogP contribution in [0.2, 0.25) is 0 Å². The minimum absolute atomic E-state index is 0.0263. The number of nitrogens with one attached hydrogen (secondary N) is 1. The second kappa shape index (κ2) is 10.1. The fraction of sp³-hybridized carbons (Fsp3) is 0.680. The lowest BCUT2D eigenvalue weighted by molar-refractivity contribution is -0.137. The minimum Gasteiger partial charge on any atom is -0.340 e. The fourth-order valence-electron chi connectivity index (χ4n) is 5.43. The Bertz CT molecular complexity index is 792. The van der Waals surface area contributed by atoms with Gasteiger partial charge in [-0.05, 0) is 55.9 Å². The number of halogens is 1. The van der Waals surface area contributed by atoms with Gasteiger partial charge in [0.1, 0.15) is 5.82 Å². The second-order valence-electron chi connectivity index (χ2n) is 9.64. The van der Waals surface area contributed by atoms with Crippen LogP contribution in [0.25, 0.3) is 0 Å². The van der Waals surface area contributed by atoms with Crippen molar-refractivity contribution in [2.45, 2.75) is 71.3 Å². The van der Waals surface area contributed by atoms with E-state index in [1.807, 2.05) is 11.8 Å². The first-order valence-electron chi connectivity index (χ1n) is 12.1. The summed E-state index contributed by atoms with van der Waals surface area (Å²) in [5.41, 5.74) is 2.45. The number of carbonyl (C=O) groups is 2. The van der Waals surface area contributed by atoms with Crippen LogP contribution in [0.5, 0.6) is 0 Å². The predicted molar refractivity (Wildman–Crippen MR) is 120 cm³/mol. The first-order chi connectivity index (χ1) is 15.0. The lowest BCUT2D eigenvalue weighted by Gasteiger charge is -2.36. The standard InChI is InChI=1S/C25H36FN3O2/c1-18-21(15-22(26)16-23(18)27-24(30)19-7-3-2-4-8-19)17-28-11-13-29(14-12-28)25(31)20-9-5-6-10-20/h15-16,19-20H,2-14,17H2,1H3,(H,27,30). The van der Waals surface area contributed by atoms with Crippen molar-refractivity contribution in [3.63, 3.8) is 0 Å². The molecule has 1 aromatic rings. The lowest BCUT2D eigenvalue weighted by atomic mass is 9.88. The molecule has 1 aliphatic heterocycles. The number of amides is 2. The molecule has 5 nitrogen and oxygen atoms in total. The van der Waals surface area contributed by atoms with Crippen molar-refractivity contribution < 1.29 is 14.0 Å². The number of benzene rings is 1. The Kier molecular flexibility index (Phi) is 7.26. The molecule has 0 atom stereocenters. The first-order valence-corrected chi connectivity index (χ1v) is 12.1. The van der Waals surface area contributed by atoms with Crippen molar-refractivity contribution >= 4 is 17.5 Å². The fourth-order valence-corrected chi connectivity index (χ4v) is 5.43. The predicted octanol–water partition coefficient (Wildman–Crippen LogP) is 4.49. The zero-order chi connectivity index (χ0) is 21.8. The third kappa shape index (κ3) is 5.46. The Morgan fingerprint density at radius 2 is 1.55 bits per heavy atom. The second-order valence-corrected chi connectivity index (χ2v) is 9.64. The van der Waals surface area contributed by atoms with E-state index in [4.69, 9.17) is 0 Å². The summed E-state index contributed by atoms with van der Waals surface area (Å²) in [6.07, 6.45) is 9.68. The molecule has 0 spiro atoms. The quantitative estimate of drug-likeness (QED) is 0.750. The number of carbonyl (C=O) groups excluding carboxylic acids is 2. The highest BCUT2D eigenvalue weighted by molar-refractivity contribution is 5.93. The Morgan fingerprint density at radius 3 is 2.23 bits per heavy atom. The summed E-state index contributed by atoms with van der Waals surface area (Å²) >= 11 is 0. The highest BCUT2D eigenvalue weighted by Crippen LogP contribution is 2.29. The molecule has 6 heteroatoms. The summed E-state index contributed by atoms with van der Waals surface area (Å²) in [5, 5.41) is 3.00. The van der Waals surface area contributed by atoms with Gasteiger partial charge >= 0.3 is 0 Å². The maximum Gasteiger partial charge on any atom is 0.227 e. The maximum atomic E-state index is 14.4. The van der Waals surface area contributed by atoms with Crippen LogP contribution in [-0.4, -0.2) is 47.8 Å². The molecule has 1 heterocycles. The normalized spacial score (nSPS) is 21.4. The number of hydrogen-bond acceptors (Lipinski definition) is 3. The van der Waals surface area contributed by atoms with Crippen LogP contribution < -0.4 is 5.32 Å². The summed E-state index contributed by atoms with van der Waals surface area (Å²) < 4.78 is 14.4. The van der Waals surface area contributed by atoms with Gasteiger partial charge in [-0.15, -0.1) is 0 Å². The van der Waals surface area contributed by atoms with E-state index in [0.717, 1.165) is 75.8 Å². The van der Waals surface area contributed by atoms with Crippen LogP contribution in [0.1, 0.15) is 68.9 Å². The summed E-state index contributed by atoms with van der Waals surface area (Å²) in [4.78, 5) is 29.6. The molecule has 170 valence electrons. The Hall–Kier alpha value is -1.95. The third-order valence-corrected chi connectivity index (χ3v) is 7.50. The molecule has 1 saturated heterocycles. The van der Waals surface area contributed by atoms with Crippen molar-refractivity contribution in [2.75, 3.05) is 31.5 Å². The molecule has 1 N–H and O–H groups in total. The van der Waals surface area contributed by atoms with Crippen molar-refractivity contribution in [3.05, 3.63) is 29.1 Å². The van der Waals surface area contributed by atoms with Gasteiger partial charge in [0.15, 0.2) is 0 Å². The van der Waals surface area contributed by atoms with Gasteiger partial charge in [-0.3, -0.25) is 14.5 Å². The van der Waals surface area contributed by atoms with Gasteiger partial charge in [-0.1, -0.05) is 32.1 Å². The number of anilines is 1. The number of nitrogens with zero attached hydrogens (tertiary/aromatic N) is 2. The number of hydrogen-bond donors (Lipinski definition) is 1. The van der Waals surface area contributed by atoms with Gasteiger partial charge < -0.3 is 10.2 Å². The molecule has 0 radical (unpaired) electrons. The molecule has 2 amide bonds. The van der Waals surface area contributed by atoms with E-state index < -0.39 is 0 Å². The van der Waals surface area contributed by atoms with Gasteiger partial charge in [-0.2, -0.15) is 0 Å². The van der Waals surface area contributed by atoms with E-state index in [1.54, 1.807) is 6.07 Å². The van der Waals surface area contributed by atoms with Crippen molar-refractivity contribution in [3.8, 4) is 0 Å². The third-order valence-electron chi connectivity index (χ3n) is 7.50.